The fourth-order valence-electron chi connectivity index (χ4n) is 2.03. The van der Waals surface area contributed by atoms with Gasteiger partial charge in [-0.05, 0) is 18.2 Å². The number of benzene rings is 1. The highest BCUT2D eigenvalue weighted by Crippen LogP contribution is 2.48. The van der Waals surface area contributed by atoms with Gasteiger partial charge in [-0.15, -0.1) is 0 Å². The van der Waals surface area contributed by atoms with E-state index in [4.69, 9.17) is 32.7 Å². The van der Waals surface area contributed by atoms with Crippen LogP contribution in [0.25, 0.3) is 0 Å². The van der Waals surface area contributed by atoms with E-state index in [1.165, 1.54) is 0 Å². The molecule has 0 bridgehead atoms. The zero-order valence-electron chi connectivity index (χ0n) is 9.43. The zero-order chi connectivity index (χ0) is 11.9. The number of hydrogen-bond acceptors (Lipinski definition) is 3. The number of rotatable bonds is 2. The Morgan fingerprint density at radius 2 is 1.31 bits per heavy atom. The first-order chi connectivity index (χ1) is 7.60. The molecule has 0 atom stereocenters. The van der Waals surface area contributed by atoms with Gasteiger partial charge in [0.05, 0.1) is 24.3 Å². The molecule has 0 radical (unpaired) electrons. The molecule has 0 amide bonds. The molecule has 0 unspecified atom stereocenters. The summed E-state index contributed by atoms with van der Waals surface area (Å²) in [4.78, 5) is 2.14. The Labute approximate surface area is 105 Å². The summed E-state index contributed by atoms with van der Waals surface area (Å²) in [6.45, 7) is 1.57. The number of hydrogen-bond donors (Lipinski definition) is 0. The molecule has 3 nitrogen and oxygen atoms in total. The van der Waals surface area contributed by atoms with Gasteiger partial charge < -0.3 is 9.47 Å². The van der Waals surface area contributed by atoms with E-state index in [0.29, 0.717) is 21.5 Å². The quantitative estimate of drug-likeness (QED) is 0.817. The number of ether oxygens (including phenoxy) is 2. The van der Waals surface area contributed by atoms with Crippen LogP contribution in [-0.4, -0.2) is 26.2 Å². The van der Waals surface area contributed by atoms with Crippen molar-refractivity contribution in [1.29, 1.82) is 0 Å². The first kappa shape index (κ1) is 11.8. The maximum absolute atomic E-state index is 6.29. The number of fused-ring (bicyclic) bond motifs is 1. The summed E-state index contributed by atoms with van der Waals surface area (Å²) < 4.78 is 10.5. The van der Waals surface area contributed by atoms with Gasteiger partial charge in [0.2, 0.25) is 0 Å². The molecular formula is C11H13Cl2NO2. The summed E-state index contributed by atoms with van der Waals surface area (Å²) in [6.07, 6.45) is 0. The van der Waals surface area contributed by atoms with Crippen molar-refractivity contribution in [3.8, 4) is 11.5 Å². The van der Waals surface area contributed by atoms with Crippen molar-refractivity contribution in [3.05, 3.63) is 21.2 Å². The third kappa shape index (κ3) is 1.63. The average molecular weight is 262 g/mol. The van der Waals surface area contributed by atoms with Gasteiger partial charge in [0, 0.05) is 13.1 Å². The second-order valence-corrected chi connectivity index (χ2v) is 4.58. The molecule has 16 heavy (non-hydrogen) atoms. The highest BCUT2D eigenvalue weighted by Gasteiger charge is 2.28. The van der Waals surface area contributed by atoms with E-state index in [9.17, 15) is 0 Å². The van der Waals surface area contributed by atoms with Crippen molar-refractivity contribution < 1.29 is 9.47 Å². The number of halogens is 2. The van der Waals surface area contributed by atoms with Crippen molar-refractivity contribution in [2.75, 3.05) is 21.3 Å². The lowest BCUT2D eigenvalue weighted by atomic mass is 10.1. The molecule has 5 heteroatoms. The Kier molecular flexibility index (Phi) is 3.19. The molecule has 1 aliphatic rings. The van der Waals surface area contributed by atoms with Crippen molar-refractivity contribution in [2.45, 2.75) is 13.1 Å². The van der Waals surface area contributed by atoms with Gasteiger partial charge in [0.25, 0.3) is 0 Å². The lowest BCUT2D eigenvalue weighted by Gasteiger charge is -2.14. The van der Waals surface area contributed by atoms with Crippen LogP contribution in [0.15, 0.2) is 0 Å². The Bertz CT molecular complexity index is 396. The average Bonchev–Trinajstić information content (AvgIpc) is 2.65. The van der Waals surface area contributed by atoms with Crippen molar-refractivity contribution in [1.82, 2.24) is 4.90 Å². The van der Waals surface area contributed by atoms with Gasteiger partial charge in [0.1, 0.15) is 0 Å². The maximum atomic E-state index is 6.29. The summed E-state index contributed by atoms with van der Waals surface area (Å²) in [5.41, 5.74) is 2.07. The fraction of sp³-hybridized carbons (Fsp3) is 0.455. The normalized spacial score (nSPS) is 15.1. The van der Waals surface area contributed by atoms with E-state index in [-0.39, 0.29) is 0 Å². The van der Waals surface area contributed by atoms with Crippen molar-refractivity contribution in [2.24, 2.45) is 0 Å². The molecule has 1 aromatic carbocycles. The van der Waals surface area contributed by atoms with Gasteiger partial charge in [-0.25, -0.2) is 0 Å². The number of methoxy groups -OCH3 is 2. The Morgan fingerprint density at radius 1 is 0.938 bits per heavy atom. The molecule has 0 fully saturated rings. The number of nitrogens with zero attached hydrogens (tertiary/aromatic N) is 1. The molecule has 0 spiro atoms. The summed E-state index contributed by atoms with van der Waals surface area (Å²) in [7, 11) is 5.14. The van der Waals surface area contributed by atoms with Crippen LogP contribution in [0, 0.1) is 0 Å². The van der Waals surface area contributed by atoms with Gasteiger partial charge >= 0.3 is 0 Å². The predicted molar refractivity (Wildman–Crippen MR) is 64.7 cm³/mol. The van der Waals surface area contributed by atoms with Gasteiger partial charge in [-0.2, -0.15) is 0 Å². The predicted octanol–water partition coefficient (Wildman–Crippen LogP) is 2.96. The van der Waals surface area contributed by atoms with E-state index in [1.54, 1.807) is 14.2 Å². The minimum Gasteiger partial charge on any atom is -0.491 e. The van der Waals surface area contributed by atoms with Crippen LogP contribution < -0.4 is 9.47 Å². The standard InChI is InChI=1S/C11H13Cl2NO2/c1-14-4-6-7(5-14)9(13)11(16-3)10(15-2)8(6)12/h4-5H2,1-3H3. The Balaban J connectivity index is 2.68. The van der Waals surface area contributed by atoms with E-state index in [2.05, 4.69) is 4.90 Å². The SMILES string of the molecule is COc1c(Cl)c2c(c(Cl)c1OC)CN(C)C2. The van der Waals surface area contributed by atoms with Crippen LogP contribution in [0.3, 0.4) is 0 Å². The summed E-state index contributed by atoms with van der Waals surface area (Å²) in [5.74, 6) is 1.03. The molecule has 0 N–H and O–H groups in total. The first-order valence-corrected chi connectivity index (χ1v) is 5.65. The molecule has 0 saturated carbocycles. The summed E-state index contributed by atoms with van der Waals surface area (Å²) in [5, 5.41) is 1.20. The molecule has 88 valence electrons. The van der Waals surface area contributed by atoms with E-state index < -0.39 is 0 Å². The fourth-order valence-corrected chi connectivity index (χ4v) is 2.70. The van der Waals surface area contributed by atoms with Crippen molar-refractivity contribution >= 4 is 23.2 Å². The van der Waals surface area contributed by atoms with E-state index in [0.717, 1.165) is 24.2 Å². The minimum atomic E-state index is 0.517. The highest BCUT2D eigenvalue weighted by molar-refractivity contribution is 6.37. The molecule has 0 aliphatic carbocycles. The smallest absolute Gasteiger partial charge is 0.181 e. The molecule has 2 rings (SSSR count). The van der Waals surface area contributed by atoms with Gasteiger partial charge in [-0.1, -0.05) is 23.2 Å². The molecule has 1 aromatic rings. The maximum Gasteiger partial charge on any atom is 0.181 e. The lowest BCUT2D eigenvalue weighted by molar-refractivity contribution is 0.353. The van der Waals surface area contributed by atoms with Crippen LogP contribution in [-0.2, 0) is 13.1 Å². The van der Waals surface area contributed by atoms with Crippen LogP contribution in [0.4, 0.5) is 0 Å². The highest BCUT2D eigenvalue weighted by atomic mass is 35.5. The van der Waals surface area contributed by atoms with Crippen LogP contribution in [0.2, 0.25) is 10.0 Å². The van der Waals surface area contributed by atoms with Gasteiger partial charge in [-0.3, -0.25) is 4.90 Å². The Hall–Kier alpha value is -0.640. The van der Waals surface area contributed by atoms with Crippen molar-refractivity contribution in [3.63, 3.8) is 0 Å². The minimum absolute atomic E-state index is 0.517. The molecule has 0 aromatic heterocycles. The molecular weight excluding hydrogens is 249 g/mol. The van der Waals surface area contributed by atoms with E-state index >= 15 is 0 Å². The first-order valence-electron chi connectivity index (χ1n) is 4.89. The second-order valence-electron chi connectivity index (χ2n) is 3.82. The largest absolute Gasteiger partial charge is 0.491 e. The zero-order valence-corrected chi connectivity index (χ0v) is 10.9. The molecule has 0 saturated heterocycles. The van der Waals surface area contributed by atoms with E-state index in [1.807, 2.05) is 7.05 Å². The third-order valence-electron chi connectivity index (χ3n) is 2.76. The third-order valence-corrected chi connectivity index (χ3v) is 3.56. The van der Waals surface area contributed by atoms with Crippen LogP contribution >= 0.6 is 23.2 Å². The molecule has 1 heterocycles. The second kappa shape index (κ2) is 4.32. The summed E-state index contributed by atoms with van der Waals surface area (Å²) in [6, 6.07) is 0. The van der Waals surface area contributed by atoms with Crippen LogP contribution in [0.5, 0.6) is 11.5 Å². The molecule has 1 aliphatic heterocycles. The van der Waals surface area contributed by atoms with Crippen LogP contribution in [0.1, 0.15) is 11.1 Å². The monoisotopic (exact) mass is 261 g/mol. The lowest BCUT2D eigenvalue weighted by Crippen LogP contribution is -2.07. The summed E-state index contributed by atoms with van der Waals surface area (Å²) >= 11 is 12.6. The Morgan fingerprint density at radius 3 is 1.62 bits per heavy atom. The van der Waals surface area contributed by atoms with Gasteiger partial charge in [0.15, 0.2) is 11.5 Å². The topological polar surface area (TPSA) is 21.7 Å².